The fourth-order valence-electron chi connectivity index (χ4n) is 9.70. The number of aryl methyl sites for hydroxylation is 3. The van der Waals surface area contributed by atoms with Crippen molar-refractivity contribution in [1.82, 2.24) is 19.8 Å². The molecular weight excluding hydrogens is 801 g/mol. The highest BCUT2D eigenvalue weighted by Crippen LogP contribution is 2.45. The maximum atomic E-state index is 14.2. The minimum Gasteiger partial charge on any atom is -0.333 e. The van der Waals surface area contributed by atoms with Crippen LogP contribution in [0.3, 0.4) is 0 Å². The number of thiophene rings is 2. The summed E-state index contributed by atoms with van der Waals surface area (Å²) in [5.41, 5.74) is 11.4. The highest BCUT2D eigenvalue weighted by atomic mass is 32.1. The fourth-order valence-corrected chi connectivity index (χ4v) is 12.0. The third-order valence-corrected chi connectivity index (χ3v) is 14.9. The molecule has 0 spiro atoms. The number of rotatable bonds is 8. The van der Waals surface area contributed by atoms with E-state index in [1.165, 1.54) is 42.8 Å². The van der Waals surface area contributed by atoms with Gasteiger partial charge in [0, 0.05) is 96.5 Å². The maximum absolute atomic E-state index is 14.2. The van der Waals surface area contributed by atoms with E-state index in [1.54, 1.807) is 28.7 Å². The van der Waals surface area contributed by atoms with Crippen molar-refractivity contribution in [3.8, 4) is 22.3 Å². The Bertz CT molecular complexity index is 3100. The van der Waals surface area contributed by atoms with E-state index < -0.39 is 0 Å². The molecule has 4 aromatic heterocycles. The zero-order chi connectivity index (χ0) is 42.5. The molecule has 2 atom stereocenters. The average molecular weight is 847 g/mol. The van der Waals surface area contributed by atoms with E-state index in [4.69, 9.17) is 9.97 Å². The van der Waals surface area contributed by atoms with Gasteiger partial charge >= 0.3 is 0 Å². The van der Waals surface area contributed by atoms with Crippen LogP contribution in [0.1, 0.15) is 65.0 Å². The third-order valence-electron chi connectivity index (χ3n) is 12.7. The first-order valence-electron chi connectivity index (χ1n) is 21.2. The molecular formula is C54H46N4O2S2. The minimum atomic E-state index is -0.0727. The lowest BCUT2D eigenvalue weighted by Gasteiger charge is -2.33. The molecule has 2 aliphatic rings. The van der Waals surface area contributed by atoms with Crippen molar-refractivity contribution in [3.63, 3.8) is 0 Å². The Kier molecular flexibility index (Phi) is 10.5. The Balaban J connectivity index is 0.938. The maximum Gasteiger partial charge on any atom is 0.246 e. The molecule has 0 saturated carbocycles. The lowest BCUT2D eigenvalue weighted by molar-refractivity contribution is -0.127. The van der Waals surface area contributed by atoms with Crippen molar-refractivity contribution < 1.29 is 9.59 Å². The van der Waals surface area contributed by atoms with E-state index in [2.05, 4.69) is 137 Å². The van der Waals surface area contributed by atoms with E-state index in [1.807, 2.05) is 28.3 Å². The van der Waals surface area contributed by atoms with Gasteiger partial charge in [0.15, 0.2) is 0 Å². The average Bonchev–Trinajstić information content (AvgIpc) is 3.91. The number of fused-ring (bicyclic) bond motifs is 4. The topological polar surface area (TPSA) is 66.4 Å². The Hall–Kier alpha value is -6.48. The molecule has 0 fully saturated rings. The zero-order valence-corrected chi connectivity index (χ0v) is 36.7. The summed E-state index contributed by atoms with van der Waals surface area (Å²) in [5, 5.41) is 4.63. The number of carbonyl (C=O) groups is 2. The molecule has 4 aromatic carbocycles. The molecule has 2 unspecified atom stereocenters. The van der Waals surface area contributed by atoms with Crippen LogP contribution in [0, 0.1) is 20.8 Å². The minimum absolute atomic E-state index is 0.0152. The van der Waals surface area contributed by atoms with Gasteiger partial charge in [0.2, 0.25) is 11.8 Å². The summed E-state index contributed by atoms with van der Waals surface area (Å²) in [7, 11) is 0. The summed E-state index contributed by atoms with van der Waals surface area (Å²) < 4.78 is 0. The van der Waals surface area contributed by atoms with Crippen molar-refractivity contribution in [1.29, 1.82) is 0 Å². The quantitative estimate of drug-likeness (QED) is 0.143. The molecule has 6 heterocycles. The molecule has 306 valence electrons. The molecule has 0 saturated heterocycles. The highest BCUT2D eigenvalue weighted by molar-refractivity contribution is 7.12. The Morgan fingerprint density at radius 2 is 1.10 bits per heavy atom. The summed E-state index contributed by atoms with van der Waals surface area (Å²) in [4.78, 5) is 45.8. The number of amides is 2. The standard InChI is InChI=1S/C54H46N4O2S2/c1-5-53(59)57-29-50(44-23-13-11-21-42(44)48-28-56-35(4)38-17-7-9-19-40(38)48)46-26-36(62-52(46)32-57)15-14-24-54(60)58-30-49(45-25-33(2)61-51(45)31-58)43-22-12-10-20-41(43)47-27-55-34(3)37-16-6-8-18-39(37)47/h5-14,16-28,49-50H,1,15,29-32H2,2-4H3/b24-14+. The molecule has 6 nitrogen and oxygen atoms in total. The van der Waals surface area contributed by atoms with E-state index >= 15 is 0 Å². The van der Waals surface area contributed by atoms with Crippen LogP contribution in [0.15, 0.2) is 146 Å². The normalized spacial score (nSPS) is 16.2. The van der Waals surface area contributed by atoms with E-state index in [0.717, 1.165) is 60.2 Å². The van der Waals surface area contributed by atoms with Gasteiger partial charge in [0.1, 0.15) is 0 Å². The van der Waals surface area contributed by atoms with Gasteiger partial charge in [-0.1, -0.05) is 110 Å². The summed E-state index contributed by atoms with van der Waals surface area (Å²) in [6.45, 7) is 12.4. The van der Waals surface area contributed by atoms with Gasteiger partial charge in [-0.05, 0) is 89.2 Å². The van der Waals surface area contributed by atoms with Crippen LogP contribution in [0.5, 0.6) is 0 Å². The van der Waals surface area contributed by atoms with Crippen LogP contribution in [-0.2, 0) is 29.1 Å². The third kappa shape index (κ3) is 7.17. The predicted molar refractivity (Wildman–Crippen MR) is 255 cm³/mol. The van der Waals surface area contributed by atoms with Crippen molar-refractivity contribution in [2.24, 2.45) is 0 Å². The van der Waals surface area contributed by atoms with Crippen LogP contribution < -0.4 is 0 Å². The summed E-state index contributed by atoms with van der Waals surface area (Å²) >= 11 is 3.52. The number of pyridine rings is 2. The van der Waals surface area contributed by atoms with Crippen molar-refractivity contribution in [3.05, 3.63) is 200 Å². The second-order valence-electron chi connectivity index (χ2n) is 16.5. The van der Waals surface area contributed by atoms with Crippen LogP contribution in [0.2, 0.25) is 0 Å². The number of allylic oxidation sites excluding steroid dienone is 1. The summed E-state index contributed by atoms with van der Waals surface area (Å²) in [6.07, 6.45) is 9.81. The van der Waals surface area contributed by atoms with Gasteiger partial charge in [-0.3, -0.25) is 19.6 Å². The Labute approximate surface area is 370 Å². The molecule has 0 aliphatic carbocycles. The molecule has 0 N–H and O–H groups in total. The fraction of sp³-hybridized carbons (Fsp3) is 0.185. The highest BCUT2D eigenvalue weighted by Gasteiger charge is 2.34. The van der Waals surface area contributed by atoms with Gasteiger partial charge in [-0.15, -0.1) is 22.7 Å². The Morgan fingerprint density at radius 1 is 0.613 bits per heavy atom. The number of aromatic nitrogens is 2. The van der Waals surface area contributed by atoms with Crippen LogP contribution in [0.25, 0.3) is 43.8 Å². The lowest BCUT2D eigenvalue weighted by Crippen LogP contribution is -2.37. The van der Waals surface area contributed by atoms with Crippen molar-refractivity contribution >= 4 is 56.0 Å². The molecule has 62 heavy (non-hydrogen) atoms. The number of hydrogen-bond donors (Lipinski definition) is 0. The first kappa shape index (κ1) is 39.6. The summed E-state index contributed by atoms with van der Waals surface area (Å²) in [6, 6.07) is 38.7. The number of carbonyl (C=O) groups excluding carboxylic acids is 2. The van der Waals surface area contributed by atoms with E-state index in [0.29, 0.717) is 32.6 Å². The molecule has 2 aliphatic heterocycles. The molecule has 0 radical (unpaired) electrons. The van der Waals surface area contributed by atoms with Crippen LogP contribution in [-0.4, -0.2) is 44.7 Å². The van der Waals surface area contributed by atoms with Crippen LogP contribution in [0.4, 0.5) is 0 Å². The monoisotopic (exact) mass is 846 g/mol. The number of hydrogen-bond acceptors (Lipinski definition) is 6. The second-order valence-corrected chi connectivity index (χ2v) is 19.0. The predicted octanol–water partition coefficient (Wildman–Crippen LogP) is 12.1. The number of benzene rings is 4. The number of nitrogens with zero attached hydrogens (tertiary/aromatic N) is 4. The van der Waals surface area contributed by atoms with Gasteiger partial charge < -0.3 is 9.80 Å². The van der Waals surface area contributed by atoms with Crippen molar-refractivity contribution in [2.45, 2.75) is 52.1 Å². The largest absolute Gasteiger partial charge is 0.333 e. The van der Waals surface area contributed by atoms with Gasteiger partial charge in [0.05, 0.1) is 13.1 Å². The zero-order valence-electron chi connectivity index (χ0n) is 35.1. The van der Waals surface area contributed by atoms with E-state index in [9.17, 15) is 9.59 Å². The molecule has 8 aromatic rings. The molecule has 0 bridgehead atoms. The van der Waals surface area contributed by atoms with E-state index in [-0.39, 0.29) is 23.7 Å². The molecule has 2 amide bonds. The summed E-state index contributed by atoms with van der Waals surface area (Å²) in [5.74, 6) is -0.0752. The Morgan fingerprint density at radius 3 is 1.66 bits per heavy atom. The van der Waals surface area contributed by atoms with Gasteiger partial charge in [0.25, 0.3) is 0 Å². The smallest absolute Gasteiger partial charge is 0.246 e. The van der Waals surface area contributed by atoms with Gasteiger partial charge in [-0.2, -0.15) is 0 Å². The molecule has 8 heteroatoms. The van der Waals surface area contributed by atoms with Gasteiger partial charge in [-0.25, -0.2) is 0 Å². The van der Waals surface area contributed by atoms with Crippen LogP contribution >= 0.6 is 22.7 Å². The molecule has 10 rings (SSSR count). The van der Waals surface area contributed by atoms with Crippen molar-refractivity contribution in [2.75, 3.05) is 13.1 Å². The first-order chi connectivity index (χ1) is 30.2. The second kappa shape index (κ2) is 16.4. The SMILES string of the molecule is C=CC(=O)N1Cc2sc(C/C=C/C(=O)N3Cc4sc(C)cc4C(c4ccccc4-c4cnc(C)c5ccccc45)C3)cc2C(c2ccccc2-c2cnc(C)c3ccccc23)C1. The first-order valence-corrected chi connectivity index (χ1v) is 22.8. The lowest BCUT2D eigenvalue weighted by atomic mass is 9.83.